The topological polar surface area (TPSA) is 119 Å². The summed E-state index contributed by atoms with van der Waals surface area (Å²) in [4.78, 5) is 28.4. The van der Waals surface area contributed by atoms with E-state index in [9.17, 15) is 18.0 Å². The molecular weight excluding hydrogens is 527 g/mol. The first-order chi connectivity index (χ1) is 16.7. The fraction of sp³-hybridized carbons (Fsp3) is 0.458. The molecule has 0 saturated carbocycles. The van der Waals surface area contributed by atoms with E-state index in [1.54, 1.807) is 50.5 Å². The fourth-order valence-corrected chi connectivity index (χ4v) is 4.77. The summed E-state index contributed by atoms with van der Waals surface area (Å²) < 4.78 is 33.1. The summed E-state index contributed by atoms with van der Waals surface area (Å²) in [7, 11) is -3.71. The highest BCUT2D eigenvalue weighted by atomic mass is 35.5. The van der Waals surface area contributed by atoms with E-state index in [1.807, 2.05) is 11.6 Å². The number of unbranched alkanes of at least 4 members (excludes halogenated alkanes) is 2. The molecule has 0 bridgehead atoms. The number of carbonyl (C=O) groups excluding carboxylic acids is 2. The number of hydrogen-bond acceptors (Lipinski definition) is 6. The normalized spacial score (nSPS) is 12.1. The molecule has 9 nitrogen and oxygen atoms in total. The molecule has 0 unspecified atom stereocenters. The maximum absolute atomic E-state index is 12.2. The van der Waals surface area contributed by atoms with E-state index in [0.29, 0.717) is 34.2 Å². The van der Waals surface area contributed by atoms with Gasteiger partial charge in [-0.05, 0) is 57.9 Å². The van der Waals surface area contributed by atoms with Crippen LogP contribution in [0.25, 0.3) is 6.08 Å². The van der Waals surface area contributed by atoms with Gasteiger partial charge in [0.15, 0.2) is 5.15 Å². The molecule has 0 radical (unpaired) electrons. The number of benzene rings is 1. The number of sulfonamides is 1. The summed E-state index contributed by atoms with van der Waals surface area (Å²) >= 11 is 12.7. The number of nitrogens with zero attached hydrogens (tertiary/aromatic N) is 2. The third-order valence-electron chi connectivity index (χ3n) is 4.84. The first kappa shape index (κ1) is 29.7. The lowest BCUT2D eigenvalue weighted by Gasteiger charge is -2.20. The molecule has 2 N–H and O–H groups in total. The zero-order valence-corrected chi connectivity index (χ0v) is 23.4. The molecule has 0 aliphatic heterocycles. The second kappa shape index (κ2) is 12.6. The third-order valence-corrected chi connectivity index (χ3v) is 6.81. The van der Waals surface area contributed by atoms with Gasteiger partial charge >= 0.3 is 6.09 Å². The van der Waals surface area contributed by atoms with E-state index in [-0.39, 0.29) is 17.5 Å². The average molecular weight is 560 g/mol. The minimum atomic E-state index is -3.71. The molecule has 0 fully saturated rings. The maximum Gasteiger partial charge on any atom is 0.412 e. The Kier molecular flexibility index (Phi) is 10.4. The van der Waals surface area contributed by atoms with Gasteiger partial charge in [0.2, 0.25) is 10.0 Å². The van der Waals surface area contributed by atoms with Crippen molar-refractivity contribution in [2.75, 3.05) is 11.1 Å². The highest BCUT2D eigenvalue weighted by molar-refractivity contribution is 7.90. The Hall–Kier alpha value is -2.56. The Morgan fingerprint density at radius 3 is 2.50 bits per heavy atom. The number of rotatable bonds is 10. The Morgan fingerprint density at radius 2 is 1.89 bits per heavy atom. The molecule has 0 atom stereocenters. The Balaban J connectivity index is 2.15. The zero-order chi connectivity index (χ0) is 27.1. The van der Waals surface area contributed by atoms with Gasteiger partial charge in [-0.2, -0.15) is 0 Å². The predicted molar refractivity (Wildman–Crippen MR) is 143 cm³/mol. The van der Waals surface area contributed by atoms with Crippen LogP contribution in [-0.4, -0.2) is 41.3 Å². The van der Waals surface area contributed by atoms with Crippen molar-refractivity contribution in [3.05, 3.63) is 51.5 Å². The minimum Gasteiger partial charge on any atom is -0.444 e. The number of halogens is 2. The summed E-state index contributed by atoms with van der Waals surface area (Å²) in [6.07, 6.45) is 4.03. The van der Waals surface area contributed by atoms with Crippen LogP contribution in [0.4, 0.5) is 10.5 Å². The minimum absolute atomic E-state index is 0.116. The highest BCUT2D eigenvalue weighted by Crippen LogP contribution is 2.26. The number of nitrogens with one attached hydrogen (secondary N) is 2. The SMILES string of the molecule is CCCCCS(=O)(=O)NC(=O)/C=C/c1c(Cl)nc(C)n1Cc1ccc(NC(=O)OC(C)(C)C)cc1Cl. The molecule has 36 heavy (non-hydrogen) atoms. The summed E-state index contributed by atoms with van der Waals surface area (Å²) in [6, 6.07) is 5.03. The van der Waals surface area contributed by atoms with Gasteiger partial charge in [-0.3, -0.25) is 10.1 Å². The fourth-order valence-electron chi connectivity index (χ4n) is 3.18. The number of amides is 2. The number of aryl methyl sites for hydroxylation is 1. The molecule has 1 aromatic carbocycles. The molecule has 198 valence electrons. The average Bonchev–Trinajstić information content (AvgIpc) is 2.99. The summed E-state index contributed by atoms with van der Waals surface area (Å²) in [5.74, 6) is -0.321. The predicted octanol–water partition coefficient (Wildman–Crippen LogP) is 5.54. The van der Waals surface area contributed by atoms with Crippen LogP contribution in [0.2, 0.25) is 10.2 Å². The van der Waals surface area contributed by atoms with Crippen molar-refractivity contribution in [2.24, 2.45) is 0 Å². The molecule has 2 aromatic rings. The van der Waals surface area contributed by atoms with Crippen molar-refractivity contribution in [2.45, 2.75) is 66.0 Å². The van der Waals surface area contributed by atoms with Gasteiger partial charge < -0.3 is 9.30 Å². The molecule has 1 heterocycles. The van der Waals surface area contributed by atoms with E-state index in [4.69, 9.17) is 27.9 Å². The monoisotopic (exact) mass is 558 g/mol. The van der Waals surface area contributed by atoms with Crippen molar-refractivity contribution >= 4 is 57.0 Å². The summed E-state index contributed by atoms with van der Waals surface area (Å²) in [6.45, 7) is 9.28. The lowest BCUT2D eigenvalue weighted by atomic mass is 10.2. The van der Waals surface area contributed by atoms with Crippen molar-refractivity contribution < 1.29 is 22.7 Å². The van der Waals surface area contributed by atoms with Gasteiger partial charge in [0.25, 0.3) is 5.91 Å². The van der Waals surface area contributed by atoms with Gasteiger partial charge in [0, 0.05) is 16.8 Å². The lowest BCUT2D eigenvalue weighted by Crippen LogP contribution is -2.31. The summed E-state index contributed by atoms with van der Waals surface area (Å²) in [5, 5.41) is 3.18. The van der Waals surface area contributed by atoms with Gasteiger partial charge in [0.05, 0.1) is 18.0 Å². The standard InChI is InChI=1S/C24H32Cl2N4O5S/c1-6-7-8-13-36(33,34)29-21(31)12-11-20-22(26)27-16(2)30(20)15-17-9-10-18(14-19(17)25)28-23(32)35-24(3,4)5/h9-12,14H,6-8,13,15H2,1-5H3,(H,28,32)(H,29,31)/b12-11+. The van der Waals surface area contributed by atoms with Crippen LogP contribution in [0.5, 0.6) is 0 Å². The number of imidazole rings is 1. The van der Waals surface area contributed by atoms with Crippen molar-refractivity contribution in [3.8, 4) is 0 Å². The third kappa shape index (κ3) is 9.48. The van der Waals surface area contributed by atoms with E-state index < -0.39 is 27.6 Å². The Labute approximate surface area is 222 Å². The van der Waals surface area contributed by atoms with Crippen LogP contribution in [0.15, 0.2) is 24.3 Å². The van der Waals surface area contributed by atoms with Crippen molar-refractivity contribution in [1.82, 2.24) is 14.3 Å². The molecule has 0 aliphatic rings. The van der Waals surface area contributed by atoms with Crippen LogP contribution >= 0.6 is 23.2 Å². The number of aromatic nitrogens is 2. The van der Waals surface area contributed by atoms with E-state index in [2.05, 4.69) is 10.3 Å². The molecule has 2 rings (SSSR count). The molecule has 1 aromatic heterocycles. The number of hydrogen-bond donors (Lipinski definition) is 2. The molecular formula is C24H32Cl2N4O5S. The number of ether oxygens (including phenoxy) is 1. The Morgan fingerprint density at radius 1 is 1.19 bits per heavy atom. The molecule has 0 saturated heterocycles. The molecule has 2 amide bonds. The van der Waals surface area contributed by atoms with Gasteiger partial charge in [-0.25, -0.2) is 22.9 Å². The van der Waals surface area contributed by atoms with Gasteiger partial charge in [-0.15, -0.1) is 0 Å². The number of carbonyl (C=O) groups is 2. The van der Waals surface area contributed by atoms with Crippen LogP contribution < -0.4 is 10.0 Å². The van der Waals surface area contributed by atoms with Crippen molar-refractivity contribution in [1.29, 1.82) is 0 Å². The second-order valence-electron chi connectivity index (χ2n) is 9.18. The van der Waals surface area contributed by atoms with E-state index in [0.717, 1.165) is 18.9 Å². The highest BCUT2D eigenvalue weighted by Gasteiger charge is 2.18. The quantitative estimate of drug-likeness (QED) is 0.291. The van der Waals surface area contributed by atoms with Crippen LogP contribution in [-0.2, 0) is 26.1 Å². The maximum atomic E-state index is 12.2. The number of anilines is 1. The van der Waals surface area contributed by atoms with Crippen LogP contribution in [0.3, 0.4) is 0 Å². The van der Waals surface area contributed by atoms with E-state index >= 15 is 0 Å². The lowest BCUT2D eigenvalue weighted by molar-refractivity contribution is -0.114. The summed E-state index contributed by atoms with van der Waals surface area (Å²) in [5.41, 5.74) is 0.961. The van der Waals surface area contributed by atoms with Crippen LogP contribution in [0, 0.1) is 6.92 Å². The zero-order valence-electron chi connectivity index (χ0n) is 21.0. The van der Waals surface area contributed by atoms with E-state index in [1.165, 1.54) is 6.08 Å². The molecule has 0 aliphatic carbocycles. The first-order valence-corrected chi connectivity index (χ1v) is 13.8. The smallest absolute Gasteiger partial charge is 0.412 e. The van der Waals surface area contributed by atoms with Gasteiger partial charge in [-0.1, -0.05) is 49.0 Å². The molecule has 0 spiro atoms. The Bertz CT molecular complexity index is 1230. The largest absolute Gasteiger partial charge is 0.444 e. The second-order valence-corrected chi connectivity index (χ2v) is 11.8. The molecule has 12 heteroatoms. The van der Waals surface area contributed by atoms with Gasteiger partial charge in [0.1, 0.15) is 11.4 Å². The van der Waals surface area contributed by atoms with Crippen molar-refractivity contribution in [3.63, 3.8) is 0 Å². The first-order valence-electron chi connectivity index (χ1n) is 11.4. The van der Waals surface area contributed by atoms with Crippen LogP contribution in [0.1, 0.15) is 64.0 Å².